The SMILES string of the molecule is F[CH]c1cccc(Oc2ccccc2)c1. The van der Waals surface area contributed by atoms with Crippen LogP contribution < -0.4 is 4.74 Å². The number of ether oxygens (including phenoxy) is 1. The number of benzene rings is 2. The fourth-order valence-electron chi connectivity index (χ4n) is 1.27. The molecular weight excluding hydrogens is 191 g/mol. The normalized spacial score (nSPS) is 9.93. The number of rotatable bonds is 3. The average Bonchev–Trinajstić information content (AvgIpc) is 2.31. The summed E-state index contributed by atoms with van der Waals surface area (Å²) in [6.07, 6.45) is 0. The van der Waals surface area contributed by atoms with Gasteiger partial charge in [-0.3, -0.25) is 0 Å². The van der Waals surface area contributed by atoms with Gasteiger partial charge >= 0.3 is 0 Å². The van der Waals surface area contributed by atoms with E-state index in [0.717, 1.165) is 5.75 Å². The van der Waals surface area contributed by atoms with Crippen molar-refractivity contribution in [3.05, 3.63) is 66.8 Å². The zero-order valence-corrected chi connectivity index (χ0v) is 8.06. The van der Waals surface area contributed by atoms with Gasteiger partial charge in [-0.15, -0.1) is 0 Å². The Kier molecular flexibility index (Phi) is 2.98. The summed E-state index contributed by atoms with van der Waals surface area (Å²) in [7, 11) is 0. The van der Waals surface area contributed by atoms with Crippen LogP contribution in [0, 0.1) is 6.67 Å². The minimum atomic E-state index is 0.503. The second kappa shape index (κ2) is 4.60. The molecule has 75 valence electrons. The molecule has 0 saturated heterocycles. The summed E-state index contributed by atoms with van der Waals surface area (Å²) in [6, 6.07) is 16.3. The van der Waals surface area contributed by atoms with Crippen LogP contribution in [-0.4, -0.2) is 0 Å². The summed E-state index contributed by atoms with van der Waals surface area (Å²) in [6.45, 7) is 0.553. The molecule has 0 aliphatic carbocycles. The van der Waals surface area contributed by atoms with Crippen LogP contribution in [0.3, 0.4) is 0 Å². The molecule has 0 saturated carbocycles. The van der Waals surface area contributed by atoms with Gasteiger partial charge in [0.15, 0.2) is 6.67 Å². The molecule has 2 aromatic carbocycles. The summed E-state index contributed by atoms with van der Waals surface area (Å²) in [5.74, 6) is 1.38. The lowest BCUT2D eigenvalue weighted by atomic mass is 10.2. The lowest BCUT2D eigenvalue weighted by molar-refractivity contribution is 0.481. The van der Waals surface area contributed by atoms with Gasteiger partial charge in [0.1, 0.15) is 11.5 Å². The van der Waals surface area contributed by atoms with Crippen molar-refractivity contribution in [3.63, 3.8) is 0 Å². The van der Waals surface area contributed by atoms with E-state index in [0.29, 0.717) is 18.0 Å². The Morgan fingerprint density at radius 2 is 1.60 bits per heavy atom. The first-order valence-corrected chi connectivity index (χ1v) is 4.65. The van der Waals surface area contributed by atoms with Crippen molar-refractivity contribution < 1.29 is 9.13 Å². The van der Waals surface area contributed by atoms with Crippen LogP contribution in [0.1, 0.15) is 5.56 Å². The number of halogens is 1. The molecule has 0 amide bonds. The van der Waals surface area contributed by atoms with E-state index in [-0.39, 0.29) is 0 Å². The highest BCUT2D eigenvalue weighted by molar-refractivity contribution is 5.35. The molecular formula is C13H10FO. The maximum Gasteiger partial charge on any atom is 0.161 e. The molecule has 0 aliphatic heterocycles. The highest BCUT2D eigenvalue weighted by Crippen LogP contribution is 2.22. The molecule has 0 aromatic heterocycles. The van der Waals surface area contributed by atoms with Gasteiger partial charge in [-0.2, -0.15) is 0 Å². The number of hydrogen-bond acceptors (Lipinski definition) is 1. The molecule has 0 unspecified atom stereocenters. The van der Waals surface area contributed by atoms with Crippen LogP contribution in [0.2, 0.25) is 0 Å². The molecule has 0 N–H and O–H groups in total. The van der Waals surface area contributed by atoms with Crippen molar-refractivity contribution in [2.45, 2.75) is 0 Å². The van der Waals surface area contributed by atoms with Crippen molar-refractivity contribution >= 4 is 0 Å². The van der Waals surface area contributed by atoms with Crippen molar-refractivity contribution in [2.24, 2.45) is 0 Å². The van der Waals surface area contributed by atoms with Crippen LogP contribution in [0.25, 0.3) is 0 Å². The van der Waals surface area contributed by atoms with E-state index in [2.05, 4.69) is 0 Å². The van der Waals surface area contributed by atoms with Crippen molar-refractivity contribution in [1.82, 2.24) is 0 Å². The topological polar surface area (TPSA) is 9.23 Å². The second-order valence-corrected chi connectivity index (χ2v) is 3.10. The van der Waals surface area contributed by atoms with Crippen LogP contribution in [0.5, 0.6) is 11.5 Å². The Labute approximate surface area is 88.1 Å². The van der Waals surface area contributed by atoms with E-state index in [4.69, 9.17) is 4.74 Å². The van der Waals surface area contributed by atoms with E-state index in [9.17, 15) is 4.39 Å². The van der Waals surface area contributed by atoms with Crippen LogP contribution in [0.4, 0.5) is 4.39 Å². The summed E-state index contributed by atoms with van der Waals surface area (Å²) < 4.78 is 17.8. The Bertz CT molecular complexity index is 426. The Morgan fingerprint density at radius 3 is 2.33 bits per heavy atom. The molecule has 2 heteroatoms. The largest absolute Gasteiger partial charge is 0.457 e. The van der Waals surface area contributed by atoms with Gasteiger partial charge < -0.3 is 4.74 Å². The Hall–Kier alpha value is -1.83. The second-order valence-electron chi connectivity index (χ2n) is 3.10. The summed E-state index contributed by atoms with van der Waals surface area (Å²) in [5, 5.41) is 0. The van der Waals surface area contributed by atoms with Gasteiger partial charge in [0, 0.05) is 0 Å². The van der Waals surface area contributed by atoms with E-state index in [1.54, 1.807) is 24.3 Å². The molecule has 0 bridgehead atoms. The lowest BCUT2D eigenvalue weighted by Gasteiger charge is -2.05. The van der Waals surface area contributed by atoms with Gasteiger partial charge in [-0.25, -0.2) is 4.39 Å². The minimum Gasteiger partial charge on any atom is -0.457 e. The molecule has 15 heavy (non-hydrogen) atoms. The molecule has 0 atom stereocenters. The standard InChI is InChI=1S/C13H10FO/c14-10-11-5-4-8-13(9-11)15-12-6-2-1-3-7-12/h1-10H. The monoisotopic (exact) mass is 201 g/mol. The number of hydrogen-bond donors (Lipinski definition) is 0. The minimum absolute atomic E-state index is 0.503. The highest BCUT2D eigenvalue weighted by atomic mass is 19.1. The quantitative estimate of drug-likeness (QED) is 0.730. The maximum atomic E-state index is 12.3. The summed E-state index contributed by atoms with van der Waals surface area (Å²) in [4.78, 5) is 0. The fourth-order valence-corrected chi connectivity index (χ4v) is 1.27. The molecule has 0 heterocycles. The van der Waals surface area contributed by atoms with Gasteiger partial charge in [-0.05, 0) is 29.8 Å². The first-order valence-electron chi connectivity index (χ1n) is 4.65. The van der Waals surface area contributed by atoms with Gasteiger partial charge in [0.05, 0.1) is 0 Å². The first kappa shape index (κ1) is 9.71. The molecule has 1 nitrogen and oxygen atoms in total. The Morgan fingerprint density at radius 1 is 0.867 bits per heavy atom. The van der Waals surface area contributed by atoms with Crippen LogP contribution in [0.15, 0.2) is 54.6 Å². The van der Waals surface area contributed by atoms with Gasteiger partial charge in [0.25, 0.3) is 0 Å². The lowest BCUT2D eigenvalue weighted by Crippen LogP contribution is -1.84. The van der Waals surface area contributed by atoms with E-state index in [1.165, 1.54) is 0 Å². The van der Waals surface area contributed by atoms with Crippen LogP contribution in [-0.2, 0) is 0 Å². The third kappa shape index (κ3) is 2.56. The zero-order valence-electron chi connectivity index (χ0n) is 8.06. The molecule has 0 spiro atoms. The Balaban J connectivity index is 2.17. The highest BCUT2D eigenvalue weighted by Gasteiger charge is 1.98. The third-order valence-corrected chi connectivity index (χ3v) is 1.96. The predicted molar refractivity (Wildman–Crippen MR) is 57.5 cm³/mol. The van der Waals surface area contributed by atoms with Crippen molar-refractivity contribution in [1.29, 1.82) is 0 Å². The number of para-hydroxylation sites is 1. The van der Waals surface area contributed by atoms with E-state index < -0.39 is 0 Å². The van der Waals surface area contributed by atoms with E-state index >= 15 is 0 Å². The summed E-state index contributed by atoms with van der Waals surface area (Å²) in [5.41, 5.74) is 0.503. The van der Waals surface area contributed by atoms with Gasteiger partial charge in [0.2, 0.25) is 0 Å². The summed E-state index contributed by atoms with van der Waals surface area (Å²) >= 11 is 0. The average molecular weight is 201 g/mol. The molecule has 0 fully saturated rings. The molecule has 1 radical (unpaired) electrons. The van der Waals surface area contributed by atoms with Crippen LogP contribution >= 0.6 is 0 Å². The van der Waals surface area contributed by atoms with E-state index in [1.807, 2.05) is 30.3 Å². The molecule has 0 aliphatic rings. The molecule has 2 rings (SSSR count). The van der Waals surface area contributed by atoms with Crippen molar-refractivity contribution in [3.8, 4) is 11.5 Å². The fraction of sp³-hybridized carbons (Fsp3) is 0. The van der Waals surface area contributed by atoms with Crippen molar-refractivity contribution in [2.75, 3.05) is 0 Å². The first-order chi connectivity index (χ1) is 7.38. The smallest absolute Gasteiger partial charge is 0.161 e. The maximum absolute atomic E-state index is 12.3. The third-order valence-electron chi connectivity index (χ3n) is 1.96. The van der Waals surface area contributed by atoms with Gasteiger partial charge in [-0.1, -0.05) is 30.3 Å². The predicted octanol–water partition coefficient (Wildman–Crippen LogP) is 3.96. The zero-order chi connectivity index (χ0) is 10.5. The molecule has 2 aromatic rings.